The zero-order valence-corrected chi connectivity index (χ0v) is 17.2. The predicted octanol–water partition coefficient (Wildman–Crippen LogP) is 4.33. The van der Waals surface area contributed by atoms with E-state index in [9.17, 15) is 4.79 Å². The summed E-state index contributed by atoms with van der Waals surface area (Å²) in [7, 11) is 1.88. The lowest BCUT2D eigenvalue weighted by atomic mass is 10.2. The number of nitrogens with zero attached hydrogens (tertiary/aromatic N) is 4. The van der Waals surface area contributed by atoms with Gasteiger partial charge in [0, 0.05) is 22.5 Å². The van der Waals surface area contributed by atoms with Gasteiger partial charge in [0.15, 0.2) is 16.1 Å². The molecule has 6 nitrogen and oxygen atoms in total. The average molecular weight is 408 g/mol. The lowest BCUT2D eigenvalue weighted by Crippen LogP contribution is -2.22. The van der Waals surface area contributed by atoms with Gasteiger partial charge in [-0.25, -0.2) is 4.98 Å². The number of halogens is 1. The van der Waals surface area contributed by atoms with Gasteiger partial charge in [0.05, 0.1) is 10.9 Å². The minimum atomic E-state index is -0.333. The molecule has 26 heavy (non-hydrogen) atoms. The number of amides is 1. The van der Waals surface area contributed by atoms with Gasteiger partial charge in [-0.1, -0.05) is 23.4 Å². The predicted molar refractivity (Wildman–Crippen MR) is 107 cm³/mol. The maximum Gasteiger partial charge on any atom is 0.239 e. The second-order valence-electron chi connectivity index (χ2n) is 5.78. The lowest BCUT2D eigenvalue weighted by Gasteiger charge is -2.10. The van der Waals surface area contributed by atoms with Crippen LogP contribution in [0.3, 0.4) is 0 Å². The number of anilines is 1. The summed E-state index contributed by atoms with van der Waals surface area (Å²) >= 11 is 8.76. The Morgan fingerprint density at radius 2 is 1.96 bits per heavy atom. The van der Waals surface area contributed by atoms with Crippen LogP contribution in [0.15, 0.2) is 29.4 Å². The molecular formula is C17H18ClN5OS2. The van der Waals surface area contributed by atoms with Crippen molar-refractivity contribution in [1.82, 2.24) is 19.7 Å². The standard InChI is InChI=1S/C17H18ClN5OS2/c1-9-10(2)25-16(19-9)20-15(24)11(3)26-17-22-21-14(23(17)4)12-5-7-13(18)8-6-12/h5-8,11H,1-4H3,(H,19,20,24)/t11-/m0/s1. The molecule has 0 aliphatic heterocycles. The highest BCUT2D eigenvalue weighted by molar-refractivity contribution is 8.00. The van der Waals surface area contributed by atoms with Gasteiger partial charge < -0.3 is 9.88 Å². The molecule has 0 fully saturated rings. The summed E-state index contributed by atoms with van der Waals surface area (Å²) in [5, 5.41) is 12.9. The molecule has 0 aliphatic rings. The first-order valence-electron chi connectivity index (χ1n) is 7.92. The van der Waals surface area contributed by atoms with Crippen LogP contribution in [-0.2, 0) is 11.8 Å². The Labute approximate surface area is 165 Å². The van der Waals surface area contributed by atoms with Crippen molar-refractivity contribution in [2.75, 3.05) is 5.32 Å². The molecule has 0 saturated carbocycles. The minimum absolute atomic E-state index is 0.111. The monoisotopic (exact) mass is 407 g/mol. The fraction of sp³-hybridized carbons (Fsp3) is 0.294. The quantitative estimate of drug-likeness (QED) is 0.637. The molecular weight excluding hydrogens is 390 g/mol. The second kappa shape index (κ2) is 7.77. The third kappa shape index (κ3) is 4.08. The van der Waals surface area contributed by atoms with E-state index in [1.54, 1.807) is 0 Å². The van der Waals surface area contributed by atoms with E-state index in [1.165, 1.54) is 23.1 Å². The maximum absolute atomic E-state index is 12.4. The van der Waals surface area contributed by atoms with E-state index < -0.39 is 0 Å². The number of hydrogen-bond acceptors (Lipinski definition) is 6. The zero-order chi connectivity index (χ0) is 18.8. The van der Waals surface area contributed by atoms with Crippen LogP contribution in [0.25, 0.3) is 11.4 Å². The van der Waals surface area contributed by atoms with E-state index >= 15 is 0 Å². The molecule has 0 bridgehead atoms. The number of rotatable bonds is 5. The fourth-order valence-corrected chi connectivity index (χ4v) is 3.97. The third-order valence-corrected chi connectivity index (χ3v) is 6.22. The Morgan fingerprint density at radius 3 is 2.58 bits per heavy atom. The molecule has 2 heterocycles. The summed E-state index contributed by atoms with van der Waals surface area (Å²) in [5.41, 5.74) is 1.86. The Hall–Kier alpha value is -1.90. The zero-order valence-electron chi connectivity index (χ0n) is 14.8. The molecule has 1 aromatic carbocycles. The van der Waals surface area contributed by atoms with Crippen molar-refractivity contribution >= 4 is 45.7 Å². The van der Waals surface area contributed by atoms with E-state index in [4.69, 9.17) is 11.6 Å². The summed E-state index contributed by atoms with van der Waals surface area (Å²) < 4.78 is 1.87. The molecule has 1 atom stereocenters. The topological polar surface area (TPSA) is 72.7 Å². The van der Waals surface area contributed by atoms with Crippen molar-refractivity contribution in [2.45, 2.75) is 31.2 Å². The molecule has 0 radical (unpaired) electrons. The summed E-state index contributed by atoms with van der Waals surface area (Å²) in [5.74, 6) is 0.614. The van der Waals surface area contributed by atoms with E-state index in [0.717, 1.165) is 22.0 Å². The molecule has 1 amide bonds. The van der Waals surface area contributed by atoms with Crippen LogP contribution in [0.5, 0.6) is 0 Å². The molecule has 136 valence electrons. The van der Waals surface area contributed by atoms with Gasteiger partial charge in [0.25, 0.3) is 0 Å². The van der Waals surface area contributed by atoms with Crippen molar-refractivity contribution < 1.29 is 4.79 Å². The number of nitrogens with one attached hydrogen (secondary N) is 1. The summed E-state index contributed by atoms with van der Waals surface area (Å²) in [6.45, 7) is 5.75. The highest BCUT2D eigenvalue weighted by atomic mass is 35.5. The fourth-order valence-electron chi connectivity index (χ4n) is 2.21. The number of carbonyl (C=O) groups is 1. The molecule has 0 saturated heterocycles. The van der Waals surface area contributed by atoms with Crippen LogP contribution in [0.4, 0.5) is 5.13 Å². The number of hydrogen-bond donors (Lipinski definition) is 1. The van der Waals surface area contributed by atoms with Crippen molar-refractivity contribution in [3.05, 3.63) is 39.9 Å². The Balaban J connectivity index is 1.70. The normalized spacial score (nSPS) is 12.2. The second-order valence-corrected chi connectivity index (χ2v) is 8.73. The highest BCUT2D eigenvalue weighted by Gasteiger charge is 2.20. The maximum atomic E-state index is 12.4. The first kappa shape index (κ1) is 18.9. The number of thiazole rings is 1. The first-order valence-corrected chi connectivity index (χ1v) is 9.99. The van der Waals surface area contributed by atoms with E-state index in [-0.39, 0.29) is 11.2 Å². The van der Waals surface area contributed by atoms with E-state index in [2.05, 4.69) is 20.5 Å². The largest absolute Gasteiger partial charge is 0.305 e. The minimum Gasteiger partial charge on any atom is -0.305 e. The van der Waals surface area contributed by atoms with E-state index in [1.807, 2.05) is 56.7 Å². The van der Waals surface area contributed by atoms with Gasteiger partial charge in [-0.3, -0.25) is 4.79 Å². The molecule has 0 aliphatic carbocycles. The van der Waals surface area contributed by atoms with Crippen LogP contribution in [0.2, 0.25) is 5.02 Å². The van der Waals surface area contributed by atoms with Crippen LogP contribution in [-0.4, -0.2) is 30.9 Å². The molecule has 1 N–H and O–H groups in total. The third-order valence-electron chi connectivity index (χ3n) is 3.85. The first-order chi connectivity index (χ1) is 12.3. The smallest absolute Gasteiger partial charge is 0.239 e. The van der Waals surface area contributed by atoms with E-state index in [0.29, 0.717) is 15.3 Å². The number of aryl methyl sites for hydroxylation is 2. The van der Waals surface area contributed by atoms with Crippen LogP contribution in [0, 0.1) is 13.8 Å². The van der Waals surface area contributed by atoms with Crippen molar-refractivity contribution in [3.63, 3.8) is 0 Å². The van der Waals surface area contributed by atoms with Crippen LogP contribution >= 0.6 is 34.7 Å². The van der Waals surface area contributed by atoms with Gasteiger partial charge in [0.1, 0.15) is 0 Å². The lowest BCUT2D eigenvalue weighted by molar-refractivity contribution is -0.115. The van der Waals surface area contributed by atoms with Crippen molar-refractivity contribution in [3.8, 4) is 11.4 Å². The van der Waals surface area contributed by atoms with Gasteiger partial charge in [-0.05, 0) is 45.0 Å². The molecule has 0 unspecified atom stereocenters. The van der Waals surface area contributed by atoms with Crippen LogP contribution in [0.1, 0.15) is 17.5 Å². The average Bonchev–Trinajstić information content (AvgIpc) is 3.11. The van der Waals surface area contributed by atoms with Crippen molar-refractivity contribution in [2.24, 2.45) is 7.05 Å². The number of carbonyl (C=O) groups excluding carboxylic acids is 1. The Bertz CT molecular complexity index is 916. The van der Waals surface area contributed by atoms with Gasteiger partial charge in [-0.15, -0.1) is 21.5 Å². The SMILES string of the molecule is Cc1nc(NC(=O)[C@H](C)Sc2nnc(-c3ccc(Cl)cc3)n2C)sc1C. The Kier molecular flexibility index (Phi) is 5.64. The molecule has 0 spiro atoms. The Morgan fingerprint density at radius 1 is 1.27 bits per heavy atom. The summed E-state index contributed by atoms with van der Waals surface area (Å²) in [6.07, 6.45) is 0. The molecule has 3 rings (SSSR count). The molecule has 2 aromatic heterocycles. The summed E-state index contributed by atoms with van der Waals surface area (Å²) in [6, 6.07) is 7.41. The summed E-state index contributed by atoms with van der Waals surface area (Å²) in [4.78, 5) is 17.9. The number of benzene rings is 1. The molecule has 9 heteroatoms. The van der Waals surface area contributed by atoms with Crippen LogP contribution < -0.4 is 5.32 Å². The molecule has 3 aromatic rings. The van der Waals surface area contributed by atoms with Gasteiger partial charge >= 0.3 is 0 Å². The number of aromatic nitrogens is 4. The van der Waals surface area contributed by atoms with Gasteiger partial charge in [-0.2, -0.15) is 0 Å². The van der Waals surface area contributed by atoms with Gasteiger partial charge in [0.2, 0.25) is 5.91 Å². The van der Waals surface area contributed by atoms with Crippen molar-refractivity contribution in [1.29, 1.82) is 0 Å². The number of thioether (sulfide) groups is 1. The highest BCUT2D eigenvalue weighted by Crippen LogP contribution is 2.28.